The Morgan fingerprint density at radius 1 is 1.25 bits per heavy atom. The van der Waals surface area contributed by atoms with Gasteiger partial charge in [-0.1, -0.05) is 24.6 Å². The van der Waals surface area contributed by atoms with Crippen molar-refractivity contribution in [1.29, 1.82) is 0 Å². The summed E-state index contributed by atoms with van der Waals surface area (Å²) in [5.41, 5.74) is 3.26. The van der Waals surface area contributed by atoms with Crippen LogP contribution in [-0.4, -0.2) is 12.0 Å². The van der Waals surface area contributed by atoms with Crippen molar-refractivity contribution in [3.8, 4) is 11.6 Å². The van der Waals surface area contributed by atoms with Crippen LogP contribution in [-0.2, 0) is 13.0 Å². The SMILES string of the molecule is CCc1cc(CNC)cc(Oc2cc(C)ccc2Cl)n1. The smallest absolute Gasteiger partial charge is 0.219 e. The van der Waals surface area contributed by atoms with Crippen molar-refractivity contribution in [2.24, 2.45) is 0 Å². The van der Waals surface area contributed by atoms with E-state index in [-0.39, 0.29) is 0 Å². The third kappa shape index (κ3) is 3.71. The van der Waals surface area contributed by atoms with E-state index in [1.807, 2.05) is 38.2 Å². The molecule has 0 atom stereocenters. The van der Waals surface area contributed by atoms with Crippen LogP contribution in [0.1, 0.15) is 23.7 Å². The quantitative estimate of drug-likeness (QED) is 0.899. The number of halogens is 1. The summed E-state index contributed by atoms with van der Waals surface area (Å²) in [6, 6.07) is 9.73. The van der Waals surface area contributed by atoms with Gasteiger partial charge in [0.05, 0.1) is 5.02 Å². The number of hydrogen-bond acceptors (Lipinski definition) is 3. The second-order valence-electron chi connectivity index (χ2n) is 4.72. The molecule has 0 aliphatic heterocycles. The van der Waals surface area contributed by atoms with Gasteiger partial charge in [-0.25, -0.2) is 4.98 Å². The summed E-state index contributed by atoms with van der Waals surface area (Å²) in [6.45, 7) is 4.87. The molecule has 0 amide bonds. The summed E-state index contributed by atoms with van der Waals surface area (Å²) < 4.78 is 5.85. The molecule has 1 aromatic carbocycles. The lowest BCUT2D eigenvalue weighted by atomic mass is 10.2. The maximum atomic E-state index is 6.16. The number of hydrogen-bond donors (Lipinski definition) is 1. The predicted molar refractivity (Wildman–Crippen MR) is 82.6 cm³/mol. The number of pyridine rings is 1. The first kappa shape index (κ1) is 14.8. The monoisotopic (exact) mass is 290 g/mol. The fraction of sp³-hybridized carbons (Fsp3) is 0.312. The van der Waals surface area contributed by atoms with Crippen molar-refractivity contribution in [2.45, 2.75) is 26.8 Å². The first-order chi connectivity index (χ1) is 9.62. The van der Waals surface area contributed by atoms with Crippen LogP contribution >= 0.6 is 11.6 Å². The van der Waals surface area contributed by atoms with E-state index < -0.39 is 0 Å². The van der Waals surface area contributed by atoms with Gasteiger partial charge in [-0.2, -0.15) is 0 Å². The molecule has 106 valence electrons. The summed E-state index contributed by atoms with van der Waals surface area (Å²) in [4.78, 5) is 4.49. The maximum Gasteiger partial charge on any atom is 0.219 e. The van der Waals surface area contributed by atoms with E-state index in [9.17, 15) is 0 Å². The molecule has 1 aromatic heterocycles. The average molecular weight is 291 g/mol. The second kappa shape index (κ2) is 6.73. The molecule has 1 N–H and O–H groups in total. The van der Waals surface area contributed by atoms with Gasteiger partial charge in [-0.15, -0.1) is 0 Å². The van der Waals surface area contributed by atoms with E-state index in [1.165, 1.54) is 0 Å². The zero-order chi connectivity index (χ0) is 14.5. The van der Waals surface area contributed by atoms with Crippen molar-refractivity contribution < 1.29 is 4.74 Å². The van der Waals surface area contributed by atoms with Gasteiger partial charge in [0.25, 0.3) is 0 Å². The third-order valence-electron chi connectivity index (χ3n) is 2.96. The van der Waals surface area contributed by atoms with E-state index in [1.54, 1.807) is 0 Å². The van der Waals surface area contributed by atoms with Crippen molar-refractivity contribution in [2.75, 3.05) is 7.05 Å². The minimum absolute atomic E-state index is 0.585. The molecule has 0 saturated carbocycles. The lowest BCUT2D eigenvalue weighted by Gasteiger charge is -2.11. The van der Waals surface area contributed by atoms with Gasteiger partial charge in [0, 0.05) is 18.3 Å². The molecule has 20 heavy (non-hydrogen) atoms. The van der Waals surface area contributed by atoms with Gasteiger partial charge in [0.15, 0.2) is 0 Å². The van der Waals surface area contributed by atoms with E-state index in [0.29, 0.717) is 16.7 Å². The highest BCUT2D eigenvalue weighted by Crippen LogP contribution is 2.29. The van der Waals surface area contributed by atoms with Gasteiger partial charge in [-0.3, -0.25) is 0 Å². The van der Waals surface area contributed by atoms with Gasteiger partial charge in [-0.05, 0) is 49.7 Å². The van der Waals surface area contributed by atoms with Crippen LogP contribution in [0.5, 0.6) is 11.6 Å². The van der Waals surface area contributed by atoms with Crippen molar-refractivity contribution in [3.05, 3.63) is 52.2 Å². The van der Waals surface area contributed by atoms with Gasteiger partial charge >= 0.3 is 0 Å². The molecular formula is C16H19ClN2O. The molecule has 2 rings (SSSR count). The standard InChI is InChI=1S/C16H19ClN2O/c1-4-13-8-12(10-18-3)9-16(19-13)20-15-7-11(2)5-6-14(15)17/h5-9,18H,4,10H2,1-3H3. The molecule has 0 bridgehead atoms. The molecule has 0 aliphatic carbocycles. The van der Waals surface area contributed by atoms with Gasteiger partial charge in [0.1, 0.15) is 5.75 Å². The Morgan fingerprint density at radius 3 is 2.75 bits per heavy atom. The highest BCUT2D eigenvalue weighted by atomic mass is 35.5. The predicted octanol–water partition coefficient (Wildman–Crippen LogP) is 4.12. The Bertz CT molecular complexity index is 599. The van der Waals surface area contributed by atoms with E-state index in [0.717, 1.165) is 29.8 Å². The van der Waals surface area contributed by atoms with Crippen molar-refractivity contribution in [3.63, 3.8) is 0 Å². The number of nitrogens with one attached hydrogen (secondary N) is 1. The number of rotatable bonds is 5. The van der Waals surface area contributed by atoms with Crippen LogP contribution in [0.2, 0.25) is 5.02 Å². The van der Waals surface area contributed by atoms with Crippen LogP contribution < -0.4 is 10.1 Å². The molecule has 0 aliphatic rings. The third-order valence-corrected chi connectivity index (χ3v) is 3.27. The van der Waals surface area contributed by atoms with Crippen LogP contribution in [0.25, 0.3) is 0 Å². The first-order valence-corrected chi connectivity index (χ1v) is 7.08. The summed E-state index contributed by atoms with van der Waals surface area (Å²) >= 11 is 6.16. The molecule has 1 heterocycles. The normalized spacial score (nSPS) is 10.6. The van der Waals surface area contributed by atoms with E-state index in [4.69, 9.17) is 16.3 Å². The summed E-state index contributed by atoms with van der Waals surface area (Å²) in [7, 11) is 1.92. The zero-order valence-corrected chi connectivity index (χ0v) is 12.8. The Balaban J connectivity index is 2.32. The summed E-state index contributed by atoms with van der Waals surface area (Å²) in [5.74, 6) is 1.23. The Labute approximate surface area is 124 Å². The number of aryl methyl sites for hydroxylation is 2. The van der Waals surface area contributed by atoms with Crippen LogP contribution in [0.15, 0.2) is 30.3 Å². The molecule has 0 saturated heterocycles. The molecule has 0 spiro atoms. The summed E-state index contributed by atoms with van der Waals surface area (Å²) in [6.07, 6.45) is 0.870. The number of ether oxygens (including phenoxy) is 1. The Morgan fingerprint density at radius 2 is 2.05 bits per heavy atom. The van der Waals surface area contributed by atoms with E-state index >= 15 is 0 Å². The lowest BCUT2D eigenvalue weighted by molar-refractivity contribution is 0.459. The highest BCUT2D eigenvalue weighted by Gasteiger charge is 2.07. The average Bonchev–Trinajstić information content (AvgIpc) is 2.43. The summed E-state index contributed by atoms with van der Waals surface area (Å²) in [5, 5.41) is 3.73. The highest BCUT2D eigenvalue weighted by molar-refractivity contribution is 6.32. The fourth-order valence-electron chi connectivity index (χ4n) is 1.96. The molecule has 0 fully saturated rings. The molecule has 0 unspecified atom stereocenters. The lowest BCUT2D eigenvalue weighted by Crippen LogP contribution is -2.06. The number of nitrogens with zero attached hydrogens (tertiary/aromatic N) is 1. The topological polar surface area (TPSA) is 34.1 Å². The van der Waals surface area contributed by atoms with Crippen LogP contribution in [0.4, 0.5) is 0 Å². The Hall–Kier alpha value is -1.58. The molecule has 0 radical (unpaired) electrons. The largest absolute Gasteiger partial charge is 0.437 e. The zero-order valence-electron chi connectivity index (χ0n) is 12.0. The van der Waals surface area contributed by atoms with Crippen LogP contribution in [0.3, 0.4) is 0 Å². The van der Waals surface area contributed by atoms with Gasteiger partial charge in [0.2, 0.25) is 5.88 Å². The first-order valence-electron chi connectivity index (χ1n) is 6.70. The van der Waals surface area contributed by atoms with Crippen molar-refractivity contribution in [1.82, 2.24) is 10.3 Å². The molecule has 3 nitrogen and oxygen atoms in total. The minimum atomic E-state index is 0.585. The minimum Gasteiger partial charge on any atom is -0.437 e. The number of aromatic nitrogens is 1. The Kier molecular flexibility index (Phi) is 4.99. The van der Waals surface area contributed by atoms with Gasteiger partial charge < -0.3 is 10.1 Å². The molecular weight excluding hydrogens is 272 g/mol. The molecule has 4 heteroatoms. The second-order valence-corrected chi connectivity index (χ2v) is 5.13. The fourth-order valence-corrected chi connectivity index (χ4v) is 2.12. The van der Waals surface area contributed by atoms with Crippen molar-refractivity contribution >= 4 is 11.6 Å². The molecule has 2 aromatic rings. The van der Waals surface area contributed by atoms with Crippen LogP contribution in [0, 0.1) is 6.92 Å². The maximum absolute atomic E-state index is 6.16. The number of benzene rings is 1. The van der Waals surface area contributed by atoms with E-state index in [2.05, 4.69) is 23.3 Å².